The Bertz CT molecular complexity index is 782. The van der Waals surface area contributed by atoms with E-state index in [1.165, 1.54) is 0 Å². The number of para-hydroxylation sites is 2. The monoisotopic (exact) mass is 322 g/mol. The van der Waals surface area contributed by atoms with Gasteiger partial charge in [-0.2, -0.15) is 5.26 Å². The first-order chi connectivity index (χ1) is 11.7. The summed E-state index contributed by atoms with van der Waals surface area (Å²) >= 11 is 0. The number of benzene rings is 2. The standard InChI is InChI=1S/C19H18N2O3/c20-12-14-6-1-3-9-17(14)24-18-10-4-2-8-16(18)19(23)21-11-5-7-15(22)13-21/h1-4,6,8-10,15,22H,5,7,11,13H2. The lowest BCUT2D eigenvalue weighted by molar-refractivity contribution is 0.0471. The van der Waals surface area contributed by atoms with E-state index in [-0.39, 0.29) is 5.91 Å². The highest BCUT2D eigenvalue weighted by atomic mass is 16.5. The molecule has 2 aromatic rings. The highest BCUT2D eigenvalue weighted by Gasteiger charge is 2.25. The van der Waals surface area contributed by atoms with Gasteiger partial charge in [-0.1, -0.05) is 24.3 Å². The molecular weight excluding hydrogens is 304 g/mol. The van der Waals surface area contributed by atoms with Crippen LogP contribution in [0.5, 0.6) is 11.5 Å². The summed E-state index contributed by atoms with van der Waals surface area (Å²) in [6, 6.07) is 16.0. The van der Waals surface area contributed by atoms with E-state index in [4.69, 9.17) is 4.74 Å². The third-order valence-electron chi connectivity index (χ3n) is 4.03. The van der Waals surface area contributed by atoms with Gasteiger partial charge < -0.3 is 14.7 Å². The third kappa shape index (κ3) is 3.39. The summed E-state index contributed by atoms with van der Waals surface area (Å²) < 4.78 is 5.84. The smallest absolute Gasteiger partial charge is 0.257 e. The Kier molecular flexibility index (Phi) is 4.78. The number of hydrogen-bond acceptors (Lipinski definition) is 4. The number of piperidine rings is 1. The van der Waals surface area contributed by atoms with Gasteiger partial charge in [0.25, 0.3) is 5.91 Å². The van der Waals surface area contributed by atoms with Crippen molar-refractivity contribution in [1.29, 1.82) is 5.26 Å². The maximum Gasteiger partial charge on any atom is 0.257 e. The Labute approximate surface area is 140 Å². The van der Waals surface area contributed by atoms with E-state index in [0.717, 1.165) is 12.8 Å². The van der Waals surface area contributed by atoms with E-state index in [2.05, 4.69) is 6.07 Å². The molecule has 122 valence electrons. The molecule has 0 spiro atoms. The summed E-state index contributed by atoms with van der Waals surface area (Å²) in [6.45, 7) is 0.959. The normalized spacial score (nSPS) is 17.2. The number of likely N-dealkylation sites (tertiary alicyclic amines) is 1. The van der Waals surface area contributed by atoms with Crippen LogP contribution in [-0.2, 0) is 0 Å². The van der Waals surface area contributed by atoms with Crippen LogP contribution in [0.1, 0.15) is 28.8 Å². The van der Waals surface area contributed by atoms with Gasteiger partial charge in [-0.3, -0.25) is 4.79 Å². The van der Waals surface area contributed by atoms with Crippen molar-refractivity contribution in [3.63, 3.8) is 0 Å². The summed E-state index contributed by atoms with van der Waals surface area (Å²) in [5, 5.41) is 19.0. The Morgan fingerprint density at radius 2 is 1.88 bits per heavy atom. The number of rotatable bonds is 3. The van der Waals surface area contributed by atoms with Crippen molar-refractivity contribution in [1.82, 2.24) is 4.90 Å². The molecule has 0 aromatic heterocycles. The van der Waals surface area contributed by atoms with Gasteiger partial charge in [-0.25, -0.2) is 0 Å². The average Bonchev–Trinajstić information content (AvgIpc) is 2.62. The summed E-state index contributed by atoms with van der Waals surface area (Å²) in [5.74, 6) is 0.656. The lowest BCUT2D eigenvalue weighted by Crippen LogP contribution is -2.42. The SMILES string of the molecule is N#Cc1ccccc1Oc1ccccc1C(=O)N1CCCC(O)C1. The molecule has 2 aromatic carbocycles. The second-order valence-corrected chi connectivity index (χ2v) is 5.75. The van der Waals surface area contributed by atoms with Crippen LogP contribution < -0.4 is 4.74 Å². The Morgan fingerprint density at radius 3 is 2.62 bits per heavy atom. The highest BCUT2D eigenvalue weighted by Crippen LogP contribution is 2.29. The molecule has 1 heterocycles. The summed E-state index contributed by atoms with van der Waals surface area (Å²) in [4.78, 5) is 14.4. The lowest BCUT2D eigenvalue weighted by Gasteiger charge is -2.30. The molecule has 5 heteroatoms. The fraction of sp³-hybridized carbons (Fsp3) is 0.263. The topological polar surface area (TPSA) is 73.6 Å². The summed E-state index contributed by atoms with van der Waals surface area (Å²) in [5.41, 5.74) is 0.840. The van der Waals surface area contributed by atoms with Crippen molar-refractivity contribution in [2.24, 2.45) is 0 Å². The summed E-state index contributed by atoms with van der Waals surface area (Å²) in [6.07, 6.45) is 1.03. The molecule has 1 N–H and O–H groups in total. The van der Waals surface area contributed by atoms with Crippen LogP contribution in [0.15, 0.2) is 48.5 Å². The first-order valence-electron chi connectivity index (χ1n) is 7.92. The Morgan fingerprint density at radius 1 is 1.17 bits per heavy atom. The van der Waals surface area contributed by atoms with Gasteiger partial charge in [0.15, 0.2) is 0 Å². The van der Waals surface area contributed by atoms with E-state index in [1.54, 1.807) is 53.4 Å². The van der Waals surface area contributed by atoms with E-state index >= 15 is 0 Å². The number of carbonyl (C=O) groups excluding carboxylic acids is 1. The lowest BCUT2D eigenvalue weighted by atomic mass is 10.1. The molecule has 0 bridgehead atoms. The van der Waals surface area contributed by atoms with Crippen molar-refractivity contribution in [3.8, 4) is 17.6 Å². The Balaban J connectivity index is 1.88. The van der Waals surface area contributed by atoms with Crippen LogP contribution in [0.25, 0.3) is 0 Å². The van der Waals surface area contributed by atoms with Gasteiger partial charge in [0.2, 0.25) is 0 Å². The Hall–Kier alpha value is -2.84. The number of β-amino-alcohol motifs (C(OH)–C–C–N with tert-alkyl or cyclic N) is 1. The largest absolute Gasteiger partial charge is 0.455 e. The van der Waals surface area contributed by atoms with Crippen molar-refractivity contribution >= 4 is 5.91 Å². The van der Waals surface area contributed by atoms with Gasteiger partial charge in [0.1, 0.15) is 17.6 Å². The van der Waals surface area contributed by atoms with E-state index in [9.17, 15) is 15.2 Å². The molecule has 3 rings (SSSR count). The number of carbonyl (C=O) groups is 1. The summed E-state index contributed by atoms with van der Waals surface area (Å²) in [7, 11) is 0. The fourth-order valence-electron chi connectivity index (χ4n) is 2.81. The minimum Gasteiger partial charge on any atom is -0.455 e. The molecule has 1 amide bonds. The van der Waals surface area contributed by atoms with E-state index in [1.807, 2.05) is 0 Å². The molecule has 1 unspecified atom stereocenters. The quantitative estimate of drug-likeness (QED) is 0.943. The maximum absolute atomic E-state index is 12.8. The molecule has 1 saturated heterocycles. The van der Waals surface area contributed by atoms with Gasteiger partial charge >= 0.3 is 0 Å². The number of nitriles is 1. The molecule has 0 saturated carbocycles. The van der Waals surface area contributed by atoms with Crippen LogP contribution >= 0.6 is 0 Å². The number of aliphatic hydroxyl groups excluding tert-OH is 1. The predicted molar refractivity (Wildman–Crippen MR) is 88.8 cm³/mol. The molecule has 1 fully saturated rings. The van der Waals surface area contributed by atoms with Crippen LogP contribution in [0.4, 0.5) is 0 Å². The predicted octanol–water partition coefficient (Wildman–Crippen LogP) is 2.95. The van der Waals surface area contributed by atoms with Gasteiger partial charge in [0.05, 0.1) is 17.2 Å². The van der Waals surface area contributed by atoms with Crippen LogP contribution in [-0.4, -0.2) is 35.1 Å². The molecule has 5 nitrogen and oxygen atoms in total. The third-order valence-corrected chi connectivity index (χ3v) is 4.03. The molecule has 1 aliphatic rings. The minimum atomic E-state index is -0.477. The molecule has 1 aliphatic heterocycles. The van der Waals surface area contributed by atoms with E-state index < -0.39 is 6.10 Å². The minimum absolute atomic E-state index is 0.168. The van der Waals surface area contributed by atoms with Gasteiger partial charge in [-0.15, -0.1) is 0 Å². The molecule has 0 aliphatic carbocycles. The first kappa shape index (κ1) is 16.0. The van der Waals surface area contributed by atoms with Crippen molar-refractivity contribution in [2.75, 3.05) is 13.1 Å². The van der Waals surface area contributed by atoms with Crippen LogP contribution in [0.3, 0.4) is 0 Å². The number of aliphatic hydroxyl groups is 1. The number of amides is 1. The highest BCUT2D eigenvalue weighted by molar-refractivity contribution is 5.97. The van der Waals surface area contributed by atoms with Crippen molar-refractivity contribution in [3.05, 3.63) is 59.7 Å². The zero-order chi connectivity index (χ0) is 16.9. The maximum atomic E-state index is 12.8. The number of nitrogens with zero attached hydrogens (tertiary/aromatic N) is 2. The number of hydrogen-bond donors (Lipinski definition) is 1. The van der Waals surface area contributed by atoms with Crippen molar-refractivity contribution < 1.29 is 14.6 Å². The fourth-order valence-corrected chi connectivity index (χ4v) is 2.81. The van der Waals surface area contributed by atoms with Crippen molar-refractivity contribution in [2.45, 2.75) is 18.9 Å². The van der Waals surface area contributed by atoms with Gasteiger partial charge in [-0.05, 0) is 37.1 Å². The molecule has 24 heavy (non-hydrogen) atoms. The molecular formula is C19H18N2O3. The van der Waals surface area contributed by atoms with Crippen LogP contribution in [0.2, 0.25) is 0 Å². The van der Waals surface area contributed by atoms with Crippen LogP contribution in [0, 0.1) is 11.3 Å². The van der Waals surface area contributed by atoms with E-state index in [0.29, 0.717) is 35.7 Å². The van der Waals surface area contributed by atoms with Gasteiger partial charge in [0, 0.05) is 13.1 Å². The second kappa shape index (κ2) is 7.16. The average molecular weight is 322 g/mol. The zero-order valence-electron chi connectivity index (χ0n) is 13.2. The first-order valence-corrected chi connectivity index (χ1v) is 7.92. The molecule has 1 atom stereocenters. The molecule has 0 radical (unpaired) electrons. The number of ether oxygens (including phenoxy) is 1. The second-order valence-electron chi connectivity index (χ2n) is 5.75. The zero-order valence-corrected chi connectivity index (χ0v) is 13.2.